The molecule has 10 aromatic rings. The summed E-state index contributed by atoms with van der Waals surface area (Å²) in [6.45, 7) is 9.28. The average Bonchev–Trinajstić information content (AvgIpc) is 3.50. The highest BCUT2D eigenvalue weighted by atomic mass is 14.4. The third-order valence-electron chi connectivity index (χ3n) is 12.9. The molecule has 0 aromatic heterocycles. The molecule has 0 bridgehead atoms. The van der Waals surface area contributed by atoms with Crippen LogP contribution in [0.4, 0.5) is 0 Å². The average molecular weight is 727 g/mol. The van der Waals surface area contributed by atoms with E-state index in [4.69, 9.17) is 0 Å². The first-order valence-corrected chi connectivity index (χ1v) is 20.2. The highest BCUT2D eigenvalue weighted by Crippen LogP contribution is 2.57. The van der Waals surface area contributed by atoms with E-state index in [1.54, 1.807) is 0 Å². The minimum absolute atomic E-state index is 0.180. The maximum Gasteiger partial charge on any atom is 0.0171 e. The number of benzene rings is 10. The molecule has 0 atom stereocenters. The van der Waals surface area contributed by atoms with Crippen LogP contribution in [0.3, 0.4) is 0 Å². The molecule has 0 radical (unpaired) electrons. The van der Waals surface area contributed by atoms with E-state index in [0.717, 1.165) is 0 Å². The molecule has 0 saturated carbocycles. The second-order valence-corrected chi connectivity index (χ2v) is 16.5. The normalized spacial score (nSPS) is 13.1. The van der Waals surface area contributed by atoms with Gasteiger partial charge < -0.3 is 0 Å². The summed E-state index contributed by atoms with van der Waals surface area (Å²) in [5.74, 6) is 0. The van der Waals surface area contributed by atoms with Crippen molar-refractivity contribution in [3.05, 3.63) is 204 Å². The SMILES string of the molecule is Cc1ccccc1-c1cc(-c2c3ccccc3c(-c3ccc(-c4cccc5c4C(C)(C)c4c-5c5ccccc5c5ccccc45)cc3)c3ccccc23)ccc1C. The zero-order valence-electron chi connectivity index (χ0n) is 32.8. The van der Waals surface area contributed by atoms with Crippen molar-refractivity contribution in [2.45, 2.75) is 33.1 Å². The molecule has 0 nitrogen and oxygen atoms in total. The smallest absolute Gasteiger partial charge is 0.0171 e. The molecule has 0 aliphatic heterocycles. The molecule has 0 N–H and O–H groups in total. The lowest BCUT2D eigenvalue weighted by molar-refractivity contribution is 0.668. The van der Waals surface area contributed by atoms with E-state index in [1.807, 2.05) is 0 Å². The Bertz CT molecular complexity index is 3210. The topological polar surface area (TPSA) is 0 Å². The zero-order valence-corrected chi connectivity index (χ0v) is 32.8. The molecule has 270 valence electrons. The molecule has 10 aromatic carbocycles. The van der Waals surface area contributed by atoms with E-state index in [-0.39, 0.29) is 5.41 Å². The van der Waals surface area contributed by atoms with Crippen molar-refractivity contribution >= 4 is 43.1 Å². The number of aryl methyl sites for hydroxylation is 2. The van der Waals surface area contributed by atoms with Crippen LogP contribution in [-0.4, -0.2) is 0 Å². The quantitative estimate of drug-likeness (QED) is 0.125. The van der Waals surface area contributed by atoms with Crippen molar-refractivity contribution in [1.29, 1.82) is 0 Å². The number of hydrogen-bond acceptors (Lipinski definition) is 0. The highest BCUT2D eigenvalue weighted by Gasteiger charge is 2.40. The standard InChI is InChI=1S/C57H42/c1-35-16-5-6-17-40(35)51-34-39(29-28-36(51)2)53-47-23-12-10-21-45(47)52(46-22-11-13-24-48(46)53)38-32-30-37(31-33-38)41-26-15-27-50-54-44-20-9-7-18-42(44)43-19-8-14-25-49(43)56(54)57(3,4)55(41)50/h5-34H,1-4H3. The molecule has 0 unspecified atom stereocenters. The van der Waals surface area contributed by atoms with Crippen molar-refractivity contribution in [3.8, 4) is 55.6 Å². The Balaban J connectivity index is 1.08. The zero-order chi connectivity index (χ0) is 38.4. The van der Waals surface area contributed by atoms with Gasteiger partial charge in [0.2, 0.25) is 0 Å². The van der Waals surface area contributed by atoms with E-state index < -0.39 is 0 Å². The molecule has 57 heavy (non-hydrogen) atoms. The van der Waals surface area contributed by atoms with Crippen LogP contribution in [0.1, 0.15) is 36.1 Å². The maximum atomic E-state index is 2.43. The first-order valence-electron chi connectivity index (χ1n) is 20.2. The summed E-state index contributed by atoms with van der Waals surface area (Å²) < 4.78 is 0. The molecule has 1 aliphatic carbocycles. The van der Waals surface area contributed by atoms with Crippen LogP contribution in [0.15, 0.2) is 182 Å². The van der Waals surface area contributed by atoms with Crippen molar-refractivity contribution in [2.24, 2.45) is 0 Å². The minimum atomic E-state index is -0.180. The van der Waals surface area contributed by atoms with E-state index in [9.17, 15) is 0 Å². The summed E-state index contributed by atoms with van der Waals surface area (Å²) in [6, 6.07) is 68.0. The maximum absolute atomic E-state index is 2.43. The Morgan fingerprint density at radius 1 is 0.281 bits per heavy atom. The molecule has 1 aliphatic rings. The second-order valence-electron chi connectivity index (χ2n) is 16.5. The van der Waals surface area contributed by atoms with Crippen LogP contribution in [-0.2, 0) is 5.41 Å². The van der Waals surface area contributed by atoms with Gasteiger partial charge in [-0.05, 0) is 141 Å². The number of hydrogen-bond donors (Lipinski definition) is 0. The fraction of sp³-hybridized carbons (Fsp3) is 0.0877. The summed E-state index contributed by atoms with van der Waals surface area (Å²) in [5.41, 5.74) is 18.2. The fourth-order valence-corrected chi connectivity index (χ4v) is 10.4. The largest absolute Gasteiger partial charge is 0.0620 e. The van der Waals surface area contributed by atoms with E-state index in [0.29, 0.717) is 0 Å². The summed E-state index contributed by atoms with van der Waals surface area (Å²) in [4.78, 5) is 0. The summed E-state index contributed by atoms with van der Waals surface area (Å²) in [5, 5.41) is 10.4. The van der Waals surface area contributed by atoms with Crippen molar-refractivity contribution in [2.75, 3.05) is 0 Å². The lowest BCUT2D eigenvalue weighted by Crippen LogP contribution is -2.17. The third-order valence-corrected chi connectivity index (χ3v) is 12.9. The molecular weight excluding hydrogens is 685 g/mol. The number of rotatable bonds is 4. The Kier molecular flexibility index (Phi) is 7.44. The van der Waals surface area contributed by atoms with Gasteiger partial charge in [0.15, 0.2) is 0 Å². The molecule has 0 fully saturated rings. The van der Waals surface area contributed by atoms with Gasteiger partial charge in [-0.3, -0.25) is 0 Å². The van der Waals surface area contributed by atoms with Gasteiger partial charge in [-0.25, -0.2) is 0 Å². The van der Waals surface area contributed by atoms with Gasteiger partial charge in [0, 0.05) is 5.41 Å². The molecule has 0 heterocycles. The third kappa shape index (κ3) is 4.93. The van der Waals surface area contributed by atoms with Gasteiger partial charge >= 0.3 is 0 Å². The van der Waals surface area contributed by atoms with Crippen LogP contribution < -0.4 is 0 Å². The van der Waals surface area contributed by atoms with Crippen LogP contribution in [0.5, 0.6) is 0 Å². The summed E-state index contributed by atoms with van der Waals surface area (Å²) in [6.07, 6.45) is 0. The number of fused-ring (bicyclic) bond motifs is 10. The molecule has 0 amide bonds. The molecule has 11 rings (SSSR count). The lowest BCUT2D eigenvalue weighted by atomic mass is 9.76. The highest BCUT2D eigenvalue weighted by molar-refractivity contribution is 6.22. The van der Waals surface area contributed by atoms with Crippen LogP contribution >= 0.6 is 0 Å². The van der Waals surface area contributed by atoms with E-state index in [2.05, 4.69) is 210 Å². The Morgan fingerprint density at radius 3 is 1.32 bits per heavy atom. The fourth-order valence-electron chi connectivity index (χ4n) is 10.4. The molecule has 0 spiro atoms. The van der Waals surface area contributed by atoms with Crippen molar-refractivity contribution in [3.63, 3.8) is 0 Å². The van der Waals surface area contributed by atoms with E-state index in [1.165, 1.54) is 121 Å². The predicted molar refractivity (Wildman–Crippen MR) is 245 cm³/mol. The second kappa shape index (κ2) is 12.6. The summed E-state index contributed by atoms with van der Waals surface area (Å²) >= 11 is 0. The predicted octanol–water partition coefficient (Wildman–Crippen LogP) is 15.9. The van der Waals surface area contributed by atoms with Gasteiger partial charge in [-0.15, -0.1) is 0 Å². The van der Waals surface area contributed by atoms with Crippen molar-refractivity contribution in [1.82, 2.24) is 0 Å². The molecule has 0 heteroatoms. The van der Waals surface area contributed by atoms with Crippen LogP contribution in [0.25, 0.3) is 98.7 Å². The Hall–Kier alpha value is -6.76. The van der Waals surface area contributed by atoms with Crippen molar-refractivity contribution < 1.29 is 0 Å². The van der Waals surface area contributed by atoms with Crippen LogP contribution in [0.2, 0.25) is 0 Å². The molecular formula is C57H42. The van der Waals surface area contributed by atoms with Gasteiger partial charge in [-0.1, -0.05) is 190 Å². The first-order chi connectivity index (χ1) is 27.9. The molecule has 0 saturated heterocycles. The monoisotopic (exact) mass is 726 g/mol. The summed E-state index contributed by atoms with van der Waals surface area (Å²) in [7, 11) is 0. The van der Waals surface area contributed by atoms with E-state index >= 15 is 0 Å². The Labute approximate surface area is 334 Å². The van der Waals surface area contributed by atoms with Gasteiger partial charge in [-0.2, -0.15) is 0 Å². The van der Waals surface area contributed by atoms with Gasteiger partial charge in [0.25, 0.3) is 0 Å². The van der Waals surface area contributed by atoms with Gasteiger partial charge in [0.05, 0.1) is 0 Å². The Morgan fingerprint density at radius 2 is 0.702 bits per heavy atom. The minimum Gasteiger partial charge on any atom is -0.0620 e. The van der Waals surface area contributed by atoms with Gasteiger partial charge in [0.1, 0.15) is 0 Å². The lowest BCUT2D eigenvalue weighted by Gasteiger charge is -2.26. The first kappa shape index (κ1) is 33.6. The van der Waals surface area contributed by atoms with Crippen LogP contribution in [0, 0.1) is 13.8 Å².